The van der Waals surface area contributed by atoms with Crippen molar-refractivity contribution < 1.29 is 15.0 Å². The zero-order chi connectivity index (χ0) is 12.4. The highest BCUT2D eigenvalue weighted by Gasteiger charge is 2.15. The van der Waals surface area contributed by atoms with Crippen molar-refractivity contribution in [3.63, 3.8) is 0 Å². The van der Waals surface area contributed by atoms with E-state index in [9.17, 15) is 9.90 Å². The molecule has 0 bridgehead atoms. The van der Waals surface area contributed by atoms with E-state index in [-0.39, 0.29) is 0 Å². The van der Waals surface area contributed by atoms with Crippen LogP contribution < -0.4 is 0 Å². The van der Waals surface area contributed by atoms with E-state index in [0.29, 0.717) is 5.56 Å². The fourth-order valence-corrected chi connectivity index (χ4v) is 1.58. The van der Waals surface area contributed by atoms with Crippen molar-refractivity contribution in [1.29, 1.82) is 0 Å². The van der Waals surface area contributed by atoms with Crippen molar-refractivity contribution in [2.45, 2.75) is 13.0 Å². The molecule has 0 amide bonds. The second-order valence-electron chi connectivity index (χ2n) is 3.72. The Morgan fingerprint density at radius 2 is 1.94 bits per heavy atom. The lowest BCUT2D eigenvalue weighted by Crippen LogP contribution is -2.10. The van der Waals surface area contributed by atoms with Gasteiger partial charge in [-0.25, -0.2) is 9.48 Å². The van der Waals surface area contributed by atoms with Crippen molar-refractivity contribution >= 4 is 5.97 Å². The molecule has 0 spiro atoms. The molecule has 1 unspecified atom stereocenters. The molecule has 5 nitrogen and oxygen atoms in total. The van der Waals surface area contributed by atoms with Crippen molar-refractivity contribution in [3.8, 4) is 5.69 Å². The first kappa shape index (κ1) is 11.3. The first-order valence-electron chi connectivity index (χ1n) is 5.11. The second kappa shape index (κ2) is 4.39. The molecule has 2 rings (SSSR count). The highest BCUT2D eigenvalue weighted by molar-refractivity contribution is 5.74. The number of carboxylic acid groups (broad SMARTS) is 1. The molecule has 0 radical (unpaired) electrons. The van der Waals surface area contributed by atoms with Gasteiger partial charge in [-0.15, -0.1) is 0 Å². The number of carbonyl (C=O) groups is 1. The lowest BCUT2D eigenvalue weighted by Gasteiger charge is -2.08. The first-order valence-corrected chi connectivity index (χ1v) is 5.11. The summed E-state index contributed by atoms with van der Waals surface area (Å²) >= 11 is 0. The molecule has 0 aliphatic heterocycles. The molecule has 5 heteroatoms. The average Bonchev–Trinajstić information content (AvgIpc) is 2.74. The van der Waals surface area contributed by atoms with E-state index in [1.807, 2.05) is 13.0 Å². The molecule has 1 atom stereocenters. The van der Waals surface area contributed by atoms with Gasteiger partial charge in [0.25, 0.3) is 0 Å². The molecule has 2 aromatic rings. The minimum atomic E-state index is -1.48. The maximum absolute atomic E-state index is 10.6. The van der Waals surface area contributed by atoms with Crippen molar-refractivity contribution in [2.24, 2.45) is 0 Å². The van der Waals surface area contributed by atoms with E-state index in [4.69, 9.17) is 5.11 Å². The number of aliphatic hydroxyl groups is 1. The number of aliphatic carboxylic acids is 1. The van der Waals surface area contributed by atoms with Crippen LogP contribution in [0.1, 0.15) is 17.4 Å². The van der Waals surface area contributed by atoms with Crippen LogP contribution in [-0.2, 0) is 4.79 Å². The van der Waals surface area contributed by atoms with Crippen LogP contribution in [0.5, 0.6) is 0 Å². The van der Waals surface area contributed by atoms with E-state index < -0.39 is 12.1 Å². The van der Waals surface area contributed by atoms with Gasteiger partial charge in [-0.1, -0.05) is 12.1 Å². The Kier molecular flexibility index (Phi) is 2.93. The van der Waals surface area contributed by atoms with Crippen LogP contribution in [0.2, 0.25) is 0 Å². The first-order chi connectivity index (χ1) is 8.09. The third-order valence-electron chi connectivity index (χ3n) is 2.52. The summed E-state index contributed by atoms with van der Waals surface area (Å²) in [6.07, 6.45) is 0.206. The van der Waals surface area contributed by atoms with Crippen LogP contribution >= 0.6 is 0 Å². The predicted octanol–water partition coefficient (Wildman–Crippen LogP) is 1.30. The summed E-state index contributed by atoms with van der Waals surface area (Å²) in [5, 5.41) is 22.2. The summed E-state index contributed by atoms with van der Waals surface area (Å²) in [4.78, 5) is 10.6. The van der Waals surface area contributed by atoms with Crippen molar-refractivity contribution in [1.82, 2.24) is 9.78 Å². The maximum atomic E-state index is 10.6. The summed E-state index contributed by atoms with van der Waals surface area (Å²) in [6, 6.07) is 8.48. The van der Waals surface area contributed by atoms with Crippen LogP contribution in [-0.4, -0.2) is 26.0 Å². The SMILES string of the molecule is Cc1ccnn1-c1ccc(C(O)C(=O)O)cc1. The number of aromatic nitrogens is 2. The summed E-state index contributed by atoms with van der Waals surface area (Å²) in [7, 11) is 0. The van der Waals surface area contributed by atoms with E-state index in [0.717, 1.165) is 11.4 Å². The van der Waals surface area contributed by atoms with Gasteiger partial charge >= 0.3 is 5.97 Å². The minimum Gasteiger partial charge on any atom is -0.479 e. The smallest absolute Gasteiger partial charge is 0.337 e. The van der Waals surface area contributed by atoms with Crippen molar-refractivity contribution in [3.05, 3.63) is 47.8 Å². The number of aryl methyl sites for hydroxylation is 1. The van der Waals surface area contributed by atoms with Gasteiger partial charge in [-0.3, -0.25) is 0 Å². The molecule has 0 aliphatic carbocycles. The molecule has 1 heterocycles. The zero-order valence-corrected chi connectivity index (χ0v) is 9.24. The Labute approximate surface area is 97.9 Å². The Morgan fingerprint density at radius 3 is 2.41 bits per heavy atom. The molecular weight excluding hydrogens is 220 g/mol. The zero-order valence-electron chi connectivity index (χ0n) is 9.24. The van der Waals surface area contributed by atoms with Crippen LogP contribution in [0.3, 0.4) is 0 Å². The van der Waals surface area contributed by atoms with Crippen LogP contribution in [0.25, 0.3) is 5.69 Å². The van der Waals surface area contributed by atoms with E-state index in [2.05, 4.69) is 5.10 Å². The molecule has 88 valence electrons. The minimum absolute atomic E-state index is 0.353. The fourth-order valence-electron chi connectivity index (χ4n) is 1.58. The highest BCUT2D eigenvalue weighted by atomic mass is 16.4. The number of hydrogen-bond acceptors (Lipinski definition) is 3. The number of nitrogens with zero attached hydrogens (tertiary/aromatic N) is 2. The second-order valence-corrected chi connectivity index (χ2v) is 3.72. The predicted molar refractivity (Wildman–Crippen MR) is 60.9 cm³/mol. The highest BCUT2D eigenvalue weighted by Crippen LogP contribution is 2.16. The van der Waals surface area contributed by atoms with Gasteiger partial charge in [-0.2, -0.15) is 5.10 Å². The lowest BCUT2D eigenvalue weighted by molar-refractivity contribution is -0.146. The van der Waals surface area contributed by atoms with Crippen LogP contribution in [0.4, 0.5) is 0 Å². The summed E-state index contributed by atoms with van der Waals surface area (Å²) < 4.78 is 1.73. The van der Waals surface area contributed by atoms with E-state index in [1.165, 1.54) is 0 Å². The van der Waals surface area contributed by atoms with Gasteiger partial charge in [0.2, 0.25) is 0 Å². The molecule has 2 N–H and O–H groups in total. The molecular formula is C12H12N2O3. The molecule has 17 heavy (non-hydrogen) atoms. The summed E-state index contributed by atoms with van der Waals surface area (Å²) in [5.74, 6) is -1.26. The van der Waals surface area contributed by atoms with Gasteiger partial charge < -0.3 is 10.2 Å². The number of hydrogen-bond donors (Lipinski definition) is 2. The Morgan fingerprint density at radius 1 is 1.29 bits per heavy atom. The topological polar surface area (TPSA) is 75.3 Å². The molecule has 1 aromatic carbocycles. The Balaban J connectivity index is 2.31. The number of carboxylic acids is 1. The average molecular weight is 232 g/mol. The lowest BCUT2D eigenvalue weighted by atomic mass is 10.1. The van der Waals surface area contributed by atoms with Crippen LogP contribution in [0.15, 0.2) is 36.5 Å². The van der Waals surface area contributed by atoms with E-state index >= 15 is 0 Å². The molecule has 1 aromatic heterocycles. The van der Waals surface area contributed by atoms with Gasteiger partial charge in [-0.05, 0) is 30.7 Å². The van der Waals surface area contributed by atoms with Gasteiger partial charge in [0, 0.05) is 11.9 Å². The Hall–Kier alpha value is -2.14. The molecule has 0 saturated heterocycles. The molecule has 0 fully saturated rings. The molecule has 0 saturated carbocycles. The number of benzene rings is 1. The van der Waals surface area contributed by atoms with E-state index in [1.54, 1.807) is 35.1 Å². The fraction of sp³-hybridized carbons (Fsp3) is 0.167. The number of rotatable bonds is 3. The van der Waals surface area contributed by atoms with Gasteiger partial charge in [0.05, 0.1) is 5.69 Å². The normalized spacial score (nSPS) is 12.4. The third-order valence-corrected chi connectivity index (χ3v) is 2.52. The monoisotopic (exact) mass is 232 g/mol. The maximum Gasteiger partial charge on any atom is 0.337 e. The largest absolute Gasteiger partial charge is 0.479 e. The van der Waals surface area contributed by atoms with Gasteiger partial charge in [0.1, 0.15) is 0 Å². The Bertz CT molecular complexity index is 531. The van der Waals surface area contributed by atoms with Gasteiger partial charge in [0.15, 0.2) is 6.10 Å². The molecule has 0 aliphatic rings. The summed E-state index contributed by atoms with van der Waals surface area (Å²) in [5.41, 5.74) is 2.16. The van der Waals surface area contributed by atoms with Crippen LogP contribution in [0, 0.1) is 6.92 Å². The standard InChI is InChI=1S/C12H12N2O3/c1-8-6-7-13-14(8)10-4-2-9(3-5-10)11(15)12(16)17/h2-7,11,15H,1H3,(H,16,17). The number of aliphatic hydroxyl groups excluding tert-OH is 1. The van der Waals surface area contributed by atoms with Crippen molar-refractivity contribution in [2.75, 3.05) is 0 Å². The third kappa shape index (κ3) is 2.19. The quantitative estimate of drug-likeness (QED) is 0.836. The summed E-state index contributed by atoms with van der Waals surface area (Å²) in [6.45, 7) is 1.92.